The Hall–Kier alpha value is -1.14. The third kappa shape index (κ3) is 3.70. The number of aromatic nitrogens is 1. The molecule has 0 radical (unpaired) electrons. The predicted molar refractivity (Wildman–Crippen MR) is 82.4 cm³/mol. The highest BCUT2D eigenvalue weighted by molar-refractivity contribution is 9.10. The molecule has 1 N–H and O–H groups in total. The van der Waals surface area contributed by atoms with Crippen molar-refractivity contribution in [1.29, 1.82) is 0 Å². The van der Waals surface area contributed by atoms with Gasteiger partial charge in [0.05, 0.1) is 0 Å². The minimum atomic E-state index is -0.927. The van der Waals surface area contributed by atoms with Gasteiger partial charge in [-0.05, 0) is 54.9 Å². The summed E-state index contributed by atoms with van der Waals surface area (Å²) in [6.07, 6.45) is 3.82. The molecule has 1 fully saturated rings. The highest BCUT2D eigenvalue weighted by atomic mass is 79.9. The molecule has 0 aliphatic carbocycles. The van der Waals surface area contributed by atoms with Crippen LogP contribution in [0.3, 0.4) is 0 Å². The molecule has 110 valence electrons. The van der Waals surface area contributed by atoms with Crippen molar-refractivity contribution in [1.82, 2.24) is 9.88 Å². The Kier molecular flexibility index (Phi) is 4.99. The lowest BCUT2D eigenvalue weighted by Crippen LogP contribution is -2.38. The normalized spacial score (nSPS) is 16.7. The van der Waals surface area contributed by atoms with Gasteiger partial charge in [-0.1, -0.05) is 0 Å². The topological polar surface area (TPSA) is 56.7 Å². The van der Waals surface area contributed by atoms with E-state index in [-0.39, 0.29) is 5.56 Å². The van der Waals surface area contributed by atoms with Gasteiger partial charge in [-0.3, -0.25) is 0 Å². The molecular weight excluding hydrogens is 322 g/mol. The van der Waals surface area contributed by atoms with Crippen molar-refractivity contribution in [2.75, 3.05) is 38.6 Å². The van der Waals surface area contributed by atoms with Gasteiger partial charge in [0, 0.05) is 30.3 Å². The van der Waals surface area contributed by atoms with E-state index in [0.717, 1.165) is 32.5 Å². The molecule has 0 unspecified atom stereocenters. The zero-order valence-corrected chi connectivity index (χ0v) is 13.4. The second kappa shape index (κ2) is 6.54. The Labute approximate surface area is 127 Å². The van der Waals surface area contributed by atoms with Gasteiger partial charge in [-0.25, -0.2) is 9.78 Å². The Morgan fingerprint density at radius 2 is 2.15 bits per heavy atom. The Bertz CT molecular complexity index is 485. The van der Waals surface area contributed by atoms with Gasteiger partial charge in [0.25, 0.3) is 0 Å². The third-order valence-corrected chi connectivity index (χ3v) is 4.03. The van der Waals surface area contributed by atoms with Crippen LogP contribution in [-0.4, -0.2) is 54.7 Å². The van der Waals surface area contributed by atoms with Crippen molar-refractivity contribution in [3.8, 4) is 0 Å². The maximum absolute atomic E-state index is 11.3. The molecule has 6 heteroatoms. The van der Waals surface area contributed by atoms with Crippen molar-refractivity contribution in [3.63, 3.8) is 0 Å². The Morgan fingerprint density at radius 1 is 1.50 bits per heavy atom. The number of anilines is 1. The molecule has 1 aliphatic rings. The number of piperidine rings is 1. The van der Waals surface area contributed by atoms with E-state index < -0.39 is 5.97 Å². The fraction of sp³-hybridized carbons (Fsp3) is 0.571. The van der Waals surface area contributed by atoms with Crippen LogP contribution in [0.25, 0.3) is 0 Å². The average molecular weight is 342 g/mol. The molecule has 0 amide bonds. The molecule has 0 atom stereocenters. The van der Waals surface area contributed by atoms with Crippen molar-refractivity contribution >= 4 is 27.7 Å². The first kappa shape index (κ1) is 15.3. The van der Waals surface area contributed by atoms with Crippen LogP contribution in [0.5, 0.6) is 0 Å². The van der Waals surface area contributed by atoms with Crippen LogP contribution in [0.4, 0.5) is 5.82 Å². The van der Waals surface area contributed by atoms with E-state index in [2.05, 4.69) is 44.8 Å². The quantitative estimate of drug-likeness (QED) is 0.910. The van der Waals surface area contributed by atoms with Crippen LogP contribution in [0.1, 0.15) is 23.2 Å². The van der Waals surface area contributed by atoms with E-state index in [9.17, 15) is 9.90 Å². The zero-order chi connectivity index (χ0) is 14.7. The molecule has 2 rings (SSSR count). The number of rotatable bonds is 4. The molecule has 0 aromatic carbocycles. The number of carbonyl (C=O) groups is 1. The molecule has 0 spiro atoms. The molecule has 2 heterocycles. The van der Waals surface area contributed by atoms with Crippen LogP contribution in [0.15, 0.2) is 16.7 Å². The molecule has 0 saturated carbocycles. The SMILES string of the molecule is CN(C)CC1CCN(c2ncc(Br)cc2C(=O)O)CC1. The van der Waals surface area contributed by atoms with Crippen LogP contribution in [-0.2, 0) is 0 Å². The summed E-state index contributed by atoms with van der Waals surface area (Å²) in [7, 11) is 4.18. The Balaban J connectivity index is 2.09. The largest absolute Gasteiger partial charge is 0.478 e. The number of carboxylic acid groups (broad SMARTS) is 1. The maximum Gasteiger partial charge on any atom is 0.339 e. The minimum absolute atomic E-state index is 0.269. The standard InChI is InChI=1S/C14H20BrN3O2/c1-17(2)9-10-3-5-18(6-4-10)13-12(14(19)20)7-11(15)8-16-13/h7-8,10H,3-6,9H2,1-2H3,(H,19,20). The molecule has 1 aromatic heterocycles. The first-order valence-electron chi connectivity index (χ1n) is 6.76. The molecule has 1 aromatic rings. The Morgan fingerprint density at radius 3 is 2.70 bits per heavy atom. The summed E-state index contributed by atoms with van der Waals surface area (Å²) < 4.78 is 0.696. The van der Waals surface area contributed by atoms with Gasteiger partial charge in [-0.15, -0.1) is 0 Å². The maximum atomic E-state index is 11.3. The van der Waals surface area contributed by atoms with Gasteiger partial charge in [0.15, 0.2) is 0 Å². The molecule has 5 nitrogen and oxygen atoms in total. The molecule has 0 bridgehead atoms. The fourth-order valence-corrected chi connectivity index (χ4v) is 3.02. The van der Waals surface area contributed by atoms with Crippen LogP contribution in [0, 0.1) is 5.92 Å². The number of hydrogen-bond acceptors (Lipinski definition) is 4. The second-order valence-corrected chi connectivity index (χ2v) is 6.44. The van der Waals surface area contributed by atoms with Gasteiger partial charge in [-0.2, -0.15) is 0 Å². The lowest BCUT2D eigenvalue weighted by Gasteiger charge is -2.34. The van der Waals surface area contributed by atoms with Crippen LogP contribution in [0.2, 0.25) is 0 Å². The lowest BCUT2D eigenvalue weighted by molar-refractivity contribution is 0.0697. The van der Waals surface area contributed by atoms with E-state index >= 15 is 0 Å². The van der Waals surface area contributed by atoms with Gasteiger partial charge in [0.2, 0.25) is 0 Å². The van der Waals surface area contributed by atoms with E-state index in [4.69, 9.17) is 0 Å². The smallest absolute Gasteiger partial charge is 0.339 e. The number of halogens is 1. The average Bonchev–Trinajstić information content (AvgIpc) is 2.39. The summed E-state index contributed by atoms with van der Waals surface area (Å²) in [5, 5.41) is 9.30. The first-order chi connectivity index (χ1) is 9.47. The predicted octanol–water partition coefficient (Wildman–Crippen LogP) is 2.32. The summed E-state index contributed by atoms with van der Waals surface area (Å²) in [6.45, 7) is 2.83. The summed E-state index contributed by atoms with van der Waals surface area (Å²) in [5.74, 6) is 0.346. The first-order valence-corrected chi connectivity index (χ1v) is 7.55. The number of hydrogen-bond donors (Lipinski definition) is 1. The fourth-order valence-electron chi connectivity index (χ4n) is 2.69. The molecule has 1 aliphatic heterocycles. The highest BCUT2D eigenvalue weighted by Crippen LogP contribution is 2.26. The van der Waals surface area contributed by atoms with Crippen molar-refractivity contribution in [2.24, 2.45) is 5.92 Å². The third-order valence-electron chi connectivity index (χ3n) is 3.60. The minimum Gasteiger partial charge on any atom is -0.478 e. The van der Waals surface area contributed by atoms with Gasteiger partial charge >= 0.3 is 5.97 Å². The van der Waals surface area contributed by atoms with Crippen molar-refractivity contribution in [2.45, 2.75) is 12.8 Å². The summed E-state index contributed by atoms with van der Waals surface area (Å²) in [5.41, 5.74) is 0.269. The van der Waals surface area contributed by atoms with Gasteiger partial charge < -0.3 is 14.9 Å². The molecule has 1 saturated heterocycles. The number of aromatic carboxylic acids is 1. The van der Waals surface area contributed by atoms with Crippen molar-refractivity contribution in [3.05, 3.63) is 22.3 Å². The van der Waals surface area contributed by atoms with Gasteiger partial charge in [0.1, 0.15) is 11.4 Å². The van der Waals surface area contributed by atoms with Crippen LogP contribution < -0.4 is 4.90 Å². The molecule has 20 heavy (non-hydrogen) atoms. The van der Waals surface area contributed by atoms with E-state index in [0.29, 0.717) is 16.2 Å². The van der Waals surface area contributed by atoms with E-state index in [1.165, 1.54) is 0 Å². The van der Waals surface area contributed by atoms with E-state index in [1.807, 2.05) is 0 Å². The number of pyridine rings is 1. The zero-order valence-electron chi connectivity index (χ0n) is 11.8. The lowest BCUT2D eigenvalue weighted by atomic mass is 9.96. The highest BCUT2D eigenvalue weighted by Gasteiger charge is 2.24. The second-order valence-electron chi connectivity index (χ2n) is 5.52. The summed E-state index contributed by atoms with van der Waals surface area (Å²) in [6, 6.07) is 1.62. The number of nitrogens with zero attached hydrogens (tertiary/aromatic N) is 3. The summed E-state index contributed by atoms with van der Waals surface area (Å²) >= 11 is 3.28. The van der Waals surface area contributed by atoms with Crippen LogP contribution >= 0.6 is 15.9 Å². The number of carboxylic acids is 1. The monoisotopic (exact) mass is 341 g/mol. The molecular formula is C14H20BrN3O2. The van der Waals surface area contributed by atoms with E-state index in [1.54, 1.807) is 12.3 Å². The summed E-state index contributed by atoms with van der Waals surface area (Å²) in [4.78, 5) is 19.9. The van der Waals surface area contributed by atoms with Crippen molar-refractivity contribution < 1.29 is 9.90 Å².